The molecule has 2 N–H and O–H groups in total. The molecule has 1 aromatic heterocycles. The number of rotatable bonds is 2. The number of nitrogens with one attached hydrogen (secondary N) is 2. The van der Waals surface area contributed by atoms with Gasteiger partial charge in [-0.1, -0.05) is 13.8 Å². The third-order valence-electron chi connectivity index (χ3n) is 3.68. The lowest BCUT2D eigenvalue weighted by Crippen LogP contribution is -2.34. The molecular formula is C14H18F3N3O. The van der Waals surface area contributed by atoms with Crippen LogP contribution in [-0.4, -0.2) is 22.2 Å². The Morgan fingerprint density at radius 2 is 1.86 bits per heavy atom. The van der Waals surface area contributed by atoms with Crippen LogP contribution in [-0.2, 0) is 4.79 Å². The number of allylic oxidation sites excluding steroid dienone is 2. The van der Waals surface area contributed by atoms with Crippen LogP contribution in [0.1, 0.15) is 37.9 Å². The van der Waals surface area contributed by atoms with Crippen molar-refractivity contribution in [2.75, 3.05) is 5.32 Å². The van der Waals surface area contributed by atoms with Crippen LogP contribution in [0.25, 0.3) is 0 Å². The molecule has 7 heteroatoms. The summed E-state index contributed by atoms with van der Waals surface area (Å²) < 4.78 is 39.5. The maximum Gasteiger partial charge on any atom is 0.421 e. The first-order valence-corrected chi connectivity index (χ1v) is 6.63. The van der Waals surface area contributed by atoms with E-state index >= 15 is 0 Å². The second kappa shape index (κ2) is 4.89. The molecule has 2 rings (SSSR count). The molecule has 0 aliphatic heterocycles. The van der Waals surface area contributed by atoms with Gasteiger partial charge < -0.3 is 5.32 Å². The summed E-state index contributed by atoms with van der Waals surface area (Å²) >= 11 is 0. The molecule has 1 aromatic rings. The molecule has 0 aromatic carbocycles. The first-order valence-electron chi connectivity index (χ1n) is 6.63. The topological polar surface area (TPSA) is 57.8 Å². The fourth-order valence-electron chi connectivity index (χ4n) is 2.51. The number of halogens is 3. The van der Waals surface area contributed by atoms with E-state index in [0.29, 0.717) is 5.82 Å². The highest BCUT2D eigenvalue weighted by Gasteiger charge is 2.46. The minimum Gasteiger partial charge on any atom is -0.341 e. The van der Waals surface area contributed by atoms with Crippen LogP contribution >= 0.6 is 0 Å². The summed E-state index contributed by atoms with van der Waals surface area (Å²) in [6.45, 7) is 7.10. The molecule has 0 bridgehead atoms. The zero-order valence-electron chi connectivity index (χ0n) is 12.4. The van der Waals surface area contributed by atoms with Gasteiger partial charge in [-0.15, -0.1) is 0 Å². The summed E-state index contributed by atoms with van der Waals surface area (Å²) in [5.74, 6) is -0.541. The number of ketones is 1. The molecule has 1 aliphatic carbocycles. The normalized spacial score (nSPS) is 19.1. The average molecular weight is 301 g/mol. The maximum absolute atomic E-state index is 13.2. The standard InChI is InChI=1S/C14H18F3N3O/c1-7-8(2)19-20-12(7)18-9-5-13(3,4)6-10(21)11(9)14(15,16)17/h5-6H2,1-4H3,(H2,18,19,20). The lowest BCUT2D eigenvalue weighted by molar-refractivity contribution is -0.132. The van der Waals surface area contributed by atoms with Gasteiger partial charge >= 0.3 is 6.18 Å². The van der Waals surface area contributed by atoms with Gasteiger partial charge in [0.1, 0.15) is 5.57 Å². The molecule has 21 heavy (non-hydrogen) atoms. The Morgan fingerprint density at radius 3 is 2.33 bits per heavy atom. The SMILES string of the molecule is Cc1[nH]nc(NC2=C(C(F)(F)F)C(=O)CC(C)(C)C2)c1C. The first kappa shape index (κ1) is 15.6. The van der Waals surface area contributed by atoms with Crippen molar-refractivity contribution in [2.45, 2.75) is 46.7 Å². The van der Waals surface area contributed by atoms with E-state index in [1.807, 2.05) is 0 Å². The number of Topliss-reactive ketones (excluding diaryl/α,β-unsaturated/α-hetero) is 1. The van der Waals surface area contributed by atoms with Crippen LogP contribution < -0.4 is 5.32 Å². The van der Waals surface area contributed by atoms with Crippen molar-refractivity contribution < 1.29 is 18.0 Å². The minimum absolute atomic E-state index is 0.0987. The van der Waals surface area contributed by atoms with Gasteiger partial charge in [0.25, 0.3) is 0 Å². The fourth-order valence-corrected chi connectivity index (χ4v) is 2.51. The average Bonchev–Trinajstić information content (AvgIpc) is 2.56. The number of nitrogens with zero attached hydrogens (tertiary/aromatic N) is 1. The predicted molar refractivity (Wildman–Crippen MR) is 72.8 cm³/mol. The number of hydrogen-bond donors (Lipinski definition) is 2. The molecule has 116 valence electrons. The molecule has 0 fully saturated rings. The summed E-state index contributed by atoms with van der Waals surface area (Å²) in [5, 5.41) is 9.37. The highest BCUT2D eigenvalue weighted by Crippen LogP contribution is 2.42. The van der Waals surface area contributed by atoms with Crippen LogP contribution in [0.4, 0.5) is 19.0 Å². The van der Waals surface area contributed by atoms with Crippen molar-refractivity contribution in [1.29, 1.82) is 0 Å². The van der Waals surface area contributed by atoms with E-state index in [2.05, 4.69) is 15.5 Å². The Balaban J connectivity index is 2.48. The molecule has 4 nitrogen and oxygen atoms in total. The molecule has 0 spiro atoms. The van der Waals surface area contributed by atoms with Crippen LogP contribution in [0.5, 0.6) is 0 Å². The lowest BCUT2D eigenvalue weighted by Gasteiger charge is -2.32. The molecule has 0 atom stereocenters. The van der Waals surface area contributed by atoms with Crippen LogP contribution in [0.3, 0.4) is 0 Å². The van der Waals surface area contributed by atoms with Gasteiger partial charge in [-0.3, -0.25) is 9.89 Å². The van der Waals surface area contributed by atoms with Gasteiger partial charge in [-0.2, -0.15) is 18.3 Å². The fraction of sp³-hybridized carbons (Fsp3) is 0.571. The Labute approximate surface area is 120 Å². The third-order valence-corrected chi connectivity index (χ3v) is 3.68. The van der Waals surface area contributed by atoms with Crippen LogP contribution in [0, 0.1) is 19.3 Å². The first-order chi connectivity index (χ1) is 9.51. The van der Waals surface area contributed by atoms with E-state index in [-0.39, 0.29) is 18.5 Å². The van der Waals surface area contributed by atoms with E-state index < -0.39 is 22.9 Å². The van der Waals surface area contributed by atoms with Crippen molar-refractivity contribution >= 4 is 11.6 Å². The Hall–Kier alpha value is -1.79. The van der Waals surface area contributed by atoms with Gasteiger partial charge in [0.15, 0.2) is 11.6 Å². The molecule has 0 unspecified atom stereocenters. The van der Waals surface area contributed by atoms with Gasteiger partial charge in [-0.05, 0) is 25.7 Å². The lowest BCUT2D eigenvalue weighted by atomic mass is 9.75. The highest BCUT2D eigenvalue weighted by atomic mass is 19.4. The Bertz CT molecular complexity index is 611. The van der Waals surface area contributed by atoms with Crippen LogP contribution in [0.15, 0.2) is 11.3 Å². The number of carbonyl (C=O) groups excluding carboxylic acids is 1. The number of aryl methyl sites for hydroxylation is 1. The number of aromatic amines is 1. The summed E-state index contributed by atoms with van der Waals surface area (Å²) in [4.78, 5) is 11.9. The van der Waals surface area contributed by atoms with Crippen molar-refractivity contribution in [3.05, 3.63) is 22.5 Å². The van der Waals surface area contributed by atoms with E-state index in [0.717, 1.165) is 11.3 Å². The number of carbonyl (C=O) groups is 1. The van der Waals surface area contributed by atoms with Crippen molar-refractivity contribution in [1.82, 2.24) is 10.2 Å². The van der Waals surface area contributed by atoms with E-state index in [1.165, 1.54) is 0 Å². The highest BCUT2D eigenvalue weighted by molar-refractivity contribution is 5.99. The number of alkyl halides is 3. The molecule has 0 saturated carbocycles. The third kappa shape index (κ3) is 3.11. The summed E-state index contributed by atoms with van der Waals surface area (Å²) in [7, 11) is 0. The van der Waals surface area contributed by atoms with Crippen LogP contribution in [0.2, 0.25) is 0 Å². The quantitative estimate of drug-likeness (QED) is 0.876. The minimum atomic E-state index is -4.66. The van der Waals surface area contributed by atoms with E-state index in [1.54, 1.807) is 27.7 Å². The van der Waals surface area contributed by atoms with Gasteiger partial charge in [0.2, 0.25) is 0 Å². The van der Waals surface area contributed by atoms with E-state index in [4.69, 9.17) is 0 Å². The van der Waals surface area contributed by atoms with Gasteiger partial charge in [-0.25, -0.2) is 0 Å². The molecule has 0 radical (unpaired) electrons. The second-order valence-corrected chi connectivity index (χ2v) is 6.24. The number of anilines is 1. The van der Waals surface area contributed by atoms with Crippen molar-refractivity contribution in [2.24, 2.45) is 5.41 Å². The van der Waals surface area contributed by atoms with Gasteiger partial charge in [0, 0.05) is 23.4 Å². The summed E-state index contributed by atoms with van der Waals surface area (Å²) in [6, 6.07) is 0. The molecule has 1 aliphatic rings. The smallest absolute Gasteiger partial charge is 0.341 e. The largest absolute Gasteiger partial charge is 0.421 e. The number of H-pyrrole nitrogens is 1. The Morgan fingerprint density at radius 1 is 1.24 bits per heavy atom. The summed E-state index contributed by atoms with van der Waals surface area (Å²) in [5.41, 5.74) is -0.180. The zero-order valence-corrected chi connectivity index (χ0v) is 12.4. The number of hydrogen-bond acceptors (Lipinski definition) is 3. The molecular weight excluding hydrogens is 283 g/mol. The number of aromatic nitrogens is 2. The second-order valence-electron chi connectivity index (χ2n) is 6.24. The molecule has 0 saturated heterocycles. The van der Waals surface area contributed by atoms with E-state index in [9.17, 15) is 18.0 Å². The Kier molecular flexibility index (Phi) is 3.63. The monoisotopic (exact) mass is 301 g/mol. The molecule has 1 heterocycles. The zero-order chi connectivity index (χ0) is 16.0. The predicted octanol–water partition coefficient (Wildman–Crippen LogP) is 3.64. The molecule has 0 amide bonds. The van der Waals surface area contributed by atoms with Crippen molar-refractivity contribution in [3.8, 4) is 0 Å². The summed E-state index contributed by atoms with van der Waals surface area (Å²) in [6.07, 6.45) is -4.61. The van der Waals surface area contributed by atoms with Crippen molar-refractivity contribution in [3.63, 3.8) is 0 Å². The maximum atomic E-state index is 13.2. The van der Waals surface area contributed by atoms with Gasteiger partial charge in [0.05, 0.1) is 0 Å².